The zero-order chi connectivity index (χ0) is 10.6. The molecule has 1 atom stereocenters. The van der Waals surface area contributed by atoms with Crippen LogP contribution in [0.4, 0.5) is 0 Å². The van der Waals surface area contributed by atoms with Crippen LogP contribution in [0.25, 0.3) is 0 Å². The highest BCUT2D eigenvalue weighted by Gasteiger charge is 2.23. The van der Waals surface area contributed by atoms with Crippen LogP contribution in [0.2, 0.25) is 0 Å². The molecule has 0 N–H and O–H groups in total. The normalized spacial score (nSPS) is 14.4. The lowest BCUT2D eigenvalue weighted by Crippen LogP contribution is -2.29. The molecule has 0 unspecified atom stereocenters. The van der Waals surface area contributed by atoms with Gasteiger partial charge in [0.2, 0.25) is 0 Å². The van der Waals surface area contributed by atoms with Crippen LogP contribution >= 0.6 is 15.9 Å². The highest BCUT2D eigenvalue weighted by atomic mass is 79.9. The van der Waals surface area contributed by atoms with Crippen molar-refractivity contribution in [2.24, 2.45) is 5.92 Å². The summed E-state index contributed by atoms with van der Waals surface area (Å²) in [6, 6.07) is 0. The van der Waals surface area contributed by atoms with Gasteiger partial charge in [0.15, 0.2) is 0 Å². The van der Waals surface area contributed by atoms with Crippen LogP contribution in [-0.2, 0) is 9.53 Å². The zero-order valence-corrected chi connectivity index (χ0v) is 10.6. The van der Waals surface area contributed by atoms with E-state index >= 15 is 0 Å². The Morgan fingerprint density at radius 1 is 1.38 bits per heavy atom. The van der Waals surface area contributed by atoms with E-state index in [9.17, 15) is 4.79 Å². The number of hydrogen-bond acceptors (Lipinski definition) is 2. The second kappa shape index (κ2) is 4.99. The van der Waals surface area contributed by atoms with Gasteiger partial charge in [-0.25, -0.2) is 0 Å². The molecule has 0 bridgehead atoms. The first-order valence-electron chi connectivity index (χ1n) is 4.59. The van der Waals surface area contributed by atoms with Crippen LogP contribution in [0.15, 0.2) is 0 Å². The predicted octanol–water partition coefficient (Wildman–Crippen LogP) is 3.14. The van der Waals surface area contributed by atoms with Gasteiger partial charge >= 0.3 is 5.97 Å². The van der Waals surface area contributed by atoms with E-state index in [1.54, 1.807) is 0 Å². The van der Waals surface area contributed by atoms with Gasteiger partial charge in [-0.15, -0.1) is 0 Å². The van der Waals surface area contributed by atoms with Crippen LogP contribution in [0, 0.1) is 5.92 Å². The van der Waals surface area contributed by atoms with Crippen LogP contribution in [0.1, 0.15) is 41.0 Å². The lowest BCUT2D eigenvalue weighted by Gasteiger charge is -2.22. The Labute approximate surface area is 89.2 Å². The summed E-state index contributed by atoms with van der Waals surface area (Å²) in [7, 11) is 0. The first kappa shape index (κ1) is 12.9. The van der Waals surface area contributed by atoms with E-state index in [-0.39, 0.29) is 16.4 Å². The van der Waals surface area contributed by atoms with Gasteiger partial charge in [-0.2, -0.15) is 0 Å². The van der Waals surface area contributed by atoms with Crippen molar-refractivity contribution in [3.63, 3.8) is 0 Å². The SMILES string of the molecule is CC(C)C[C@H](Br)C(=O)OC(C)(C)C. The first-order chi connectivity index (χ1) is 5.72. The standard InChI is InChI=1S/C10H19BrO2/c1-7(2)6-8(11)9(12)13-10(3,4)5/h7-8H,6H2,1-5H3/t8-/m0/s1. The molecule has 78 valence electrons. The van der Waals surface area contributed by atoms with Crippen molar-refractivity contribution in [1.82, 2.24) is 0 Å². The largest absolute Gasteiger partial charge is 0.459 e. The Morgan fingerprint density at radius 2 is 1.85 bits per heavy atom. The lowest BCUT2D eigenvalue weighted by atomic mass is 10.1. The van der Waals surface area contributed by atoms with Crippen molar-refractivity contribution >= 4 is 21.9 Å². The summed E-state index contributed by atoms with van der Waals surface area (Å²) in [4.78, 5) is 11.3. The van der Waals surface area contributed by atoms with Crippen molar-refractivity contribution in [3.8, 4) is 0 Å². The highest BCUT2D eigenvalue weighted by molar-refractivity contribution is 9.10. The maximum atomic E-state index is 11.4. The summed E-state index contributed by atoms with van der Waals surface area (Å²) < 4.78 is 5.21. The number of rotatable bonds is 3. The van der Waals surface area contributed by atoms with Gasteiger partial charge in [0.05, 0.1) is 0 Å². The Balaban J connectivity index is 3.97. The predicted molar refractivity (Wildman–Crippen MR) is 58.0 cm³/mol. The Hall–Kier alpha value is -0.0500. The zero-order valence-electron chi connectivity index (χ0n) is 9.06. The molecule has 0 radical (unpaired) electrons. The summed E-state index contributed by atoms with van der Waals surface area (Å²) in [5.41, 5.74) is -0.389. The van der Waals surface area contributed by atoms with E-state index in [2.05, 4.69) is 29.8 Å². The summed E-state index contributed by atoms with van der Waals surface area (Å²) in [6.07, 6.45) is 0.814. The summed E-state index contributed by atoms with van der Waals surface area (Å²) in [6.45, 7) is 9.79. The molecule has 13 heavy (non-hydrogen) atoms. The molecule has 0 aliphatic carbocycles. The Kier molecular flexibility index (Phi) is 4.97. The summed E-state index contributed by atoms with van der Waals surface area (Å²) in [5.74, 6) is 0.332. The molecule has 0 aromatic rings. The minimum Gasteiger partial charge on any atom is -0.459 e. The third kappa shape index (κ3) is 7.05. The molecule has 3 heteroatoms. The molecule has 0 saturated carbocycles. The van der Waals surface area contributed by atoms with Crippen molar-refractivity contribution in [1.29, 1.82) is 0 Å². The minimum absolute atomic E-state index is 0.166. The topological polar surface area (TPSA) is 26.3 Å². The van der Waals surface area contributed by atoms with E-state index in [1.807, 2.05) is 20.8 Å². The van der Waals surface area contributed by atoms with E-state index in [1.165, 1.54) is 0 Å². The van der Waals surface area contributed by atoms with Gasteiger partial charge < -0.3 is 4.74 Å². The quantitative estimate of drug-likeness (QED) is 0.569. The molecular formula is C10H19BrO2. The maximum Gasteiger partial charge on any atom is 0.320 e. The van der Waals surface area contributed by atoms with Crippen LogP contribution in [0.5, 0.6) is 0 Å². The molecule has 2 nitrogen and oxygen atoms in total. The van der Waals surface area contributed by atoms with E-state index < -0.39 is 0 Å². The van der Waals surface area contributed by atoms with Gasteiger partial charge in [0.25, 0.3) is 0 Å². The molecule has 0 heterocycles. The number of alkyl halides is 1. The van der Waals surface area contributed by atoms with Crippen molar-refractivity contribution in [3.05, 3.63) is 0 Å². The second-order valence-electron chi connectivity index (χ2n) is 4.63. The van der Waals surface area contributed by atoms with E-state index in [4.69, 9.17) is 4.74 Å². The molecule has 0 aliphatic rings. The van der Waals surface area contributed by atoms with Gasteiger partial charge in [-0.1, -0.05) is 29.8 Å². The number of carbonyl (C=O) groups excluding carboxylic acids is 1. The Bertz CT molecular complexity index is 170. The summed E-state index contributed by atoms with van der Waals surface area (Å²) >= 11 is 3.32. The third-order valence-electron chi connectivity index (χ3n) is 1.34. The molecule has 0 amide bonds. The molecule has 0 aromatic carbocycles. The summed E-state index contributed by atoms with van der Waals surface area (Å²) in [5, 5.41) is 0. The fourth-order valence-corrected chi connectivity index (χ4v) is 1.72. The molecule has 0 spiro atoms. The van der Waals surface area contributed by atoms with Gasteiger partial charge in [0.1, 0.15) is 10.4 Å². The van der Waals surface area contributed by atoms with Crippen molar-refractivity contribution in [2.75, 3.05) is 0 Å². The fourth-order valence-electron chi connectivity index (χ4n) is 0.876. The molecular weight excluding hydrogens is 232 g/mol. The fraction of sp³-hybridized carbons (Fsp3) is 0.900. The average Bonchev–Trinajstić information content (AvgIpc) is 1.81. The smallest absolute Gasteiger partial charge is 0.320 e. The Morgan fingerprint density at radius 3 is 2.15 bits per heavy atom. The number of carbonyl (C=O) groups is 1. The molecule has 0 aromatic heterocycles. The van der Waals surface area contributed by atoms with Crippen LogP contribution in [0.3, 0.4) is 0 Å². The number of hydrogen-bond donors (Lipinski definition) is 0. The van der Waals surface area contributed by atoms with Gasteiger partial charge in [0, 0.05) is 0 Å². The van der Waals surface area contributed by atoms with Crippen LogP contribution in [-0.4, -0.2) is 16.4 Å². The van der Waals surface area contributed by atoms with Crippen molar-refractivity contribution in [2.45, 2.75) is 51.5 Å². The molecule has 0 rings (SSSR count). The monoisotopic (exact) mass is 250 g/mol. The maximum absolute atomic E-state index is 11.4. The molecule has 0 fully saturated rings. The average molecular weight is 251 g/mol. The molecule has 0 aliphatic heterocycles. The lowest BCUT2D eigenvalue weighted by molar-refractivity contribution is -0.154. The number of ether oxygens (including phenoxy) is 1. The second-order valence-corrected chi connectivity index (χ2v) is 5.74. The van der Waals surface area contributed by atoms with E-state index in [0.29, 0.717) is 5.92 Å². The first-order valence-corrected chi connectivity index (χ1v) is 5.51. The third-order valence-corrected chi connectivity index (χ3v) is 2.09. The van der Waals surface area contributed by atoms with Gasteiger partial charge in [-0.3, -0.25) is 4.79 Å². The minimum atomic E-state index is -0.389. The highest BCUT2D eigenvalue weighted by Crippen LogP contribution is 2.17. The van der Waals surface area contributed by atoms with E-state index in [0.717, 1.165) is 6.42 Å². The molecule has 0 saturated heterocycles. The number of esters is 1. The number of halogens is 1. The van der Waals surface area contributed by atoms with Crippen molar-refractivity contribution < 1.29 is 9.53 Å². The van der Waals surface area contributed by atoms with Gasteiger partial charge in [-0.05, 0) is 33.1 Å². The van der Waals surface area contributed by atoms with Crippen LogP contribution < -0.4 is 0 Å².